The number of likely N-dealkylation sites (tertiary alicyclic amines) is 1. The van der Waals surface area contributed by atoms with Crippen molar-refractivity contribution in [3.05, 3.63) is 24.3 Å². The first-order valence-corrected chi connectivity index (χ1v) is 6.57. The number of hydrogen-bond donors (Lipinski definition) is 2. The maximum absolute atomic E-state index is 3.52. The lowest BCUT2D eigenvalue weighted by molar-refractivity contribution is 0.322. The van der Waals surface area contributed by atoms with Crippen LogP contribution in [0.15, 0.2) is 24.3 Å². The normalized spacial score (nSPS) is 20.5. The molecule has 0 aliphatic carbocycles. The summed E-state index contributed by atoms with van der Waals surface area (Å²) in [5, 5.41) is 6.82. The average molecular weight is 233 g/mol. The van der Waals surface area contributed by atoms with Crippen LogP contribution in [0.2, 0.25) is 0 Å². The van der Waals surface area contributed by atoms with Crippen LogP contribution in [0.5, 0.6) is 0 Å². The molecule has 1 heterocycles. The highest BCUT2D eigenvalue weighted by atomic mass is 15.2. The van der Waals surface area contributed by atoms with Gasteiger partial charge in [0.25, 0.3) is 0 Å². The first kappa shape index (κ1) is 12.2. The summed E-state index contributed by atoms with van der Waals surface area (Å²) in [4.78, 5) is 2.44. The Labute approximate surface area is 104 Å². The van der Waals surface area contributed by atoms with E-state index in [9.17, 15) is 0 Å². The molecule has 1 atom stereocenters. The summed E-state index contributed by atoms with van der Waals surface area (Å²) in [6.07, 6.45) is 2.65. The number of nitrogens with zero attached hydrogens (tertiary/aromatic N) is 1. The van der Waals surface area contributed by atoms with Gasteiger partial charge in [-0.1, -0.05) is 0 Å². The minimum Gasteiger partial charge on any atom is -0.385 e. The molecule has 3 nitrogen and oxygen atoms in total. The maximum atomic E-state index is 3.52. The summed E-state index contributed by atoms with van der Waals surface area (Å²) in [7, 11) is 2.22. The van der Waals surface area contributed by atoms with E-state index < -0.39 is 0 Å². The molecule has 1 aliphatic heterocycles. The number of rotatable bonds is 5. The van der Waals surface area contributed by atoms with E-state index in [1.807, 2.05) is 0 Å². The highest BCUT2D eigenvalue weighted by molar-refractivity contribution is 5.53. The predicted molar refractivity (Wildman–Crippen MR) is 74.7 cm³/mol. The van der Waals surface area contributed by atoms with Gasteiger partial charge in [-0.15, -0.1) is 0 Å². The average Bonchev–Trinajstić information content (AvgIpc) is 2.75. The molecule has 0 amide bonds. The van der Waals surface area contributed by atoms with Gasteiger partial charge in [-0.2, -0.15) is 0 Å². The van der Waals surface area contributed by atoms with Crippen molar-refractivity contribution in [2.75, 3.05) is 37.3 Å². The molecule has 17 heavy (non-hydrogen) atoms. The molecule has 0 saturated carbocycles. The molecule has 2 N–H and O–H groups in total. The second-order valence-electron chi connectivity index (χ2n) is 4.77. The van der Waals surface area contributed by atoms with Crippen LogP contribution in [0.1, 0.15) is 19.8 Å². The van der Waals surface area contributed by atoms with Crippen LogP contribution in [-0.4, -0.2) is 37.6 Å². The standard InChI is InChI=1S/C14H23N3/c1-3-15-12-6-8-13(9-7-12)16-11-14-5-4-10-17(14)2/h6-9,14-16H,3-5,10-11H2,1-2H3. The van der Waals surface area contributed by atoms with Crippen LogP contribution in [0.3, 0.4) is 0 Å². The lowest BCUT2D eigenvalue weighted by Gasteiger charge is -2.20. The first-order valence-electron chi connectivity index (χ1n) is 6.57. The fraction of sp³-hybridized carbons (Fsp3) is 0.571. The zero-order valence-electron chi connectivity index (χ0n) is 10.9. The molecule has 0 spiro atoms. The van der Waals surface area contributed by atoms with Crippen LogP contribution in [0, 0.1) is 0 Å². The van der Waals surface area contributed by atoms with Gasteiger partial charge in [0.2, 0.25) is 0 Å². The lowest BCUT2D eigenvalue weighted by Crippen LogP contribution is -2.31. The maximum Gasteiger partial charge on any atom is 0.0342 e. The second kappa shape index (κ2) is 5.92. The second-order valence-corrected chi connectivity index (χ2v) is 4.77. The Morgan fingerprint density at radius 3 is 2.35 bits per heavy atom. The Kier molecular flexibility index (Phi) is 4.26. The summed E-state index contributed by atoms with van der Waals surface area (Å²) in [5.41, 5.74) is 2.41. The third-order valence-electron chi connectivity index (χ3n) is 3.48. The highest BCUT2D eigenvalue weighted by Gasteiger charge is 2.19. The Bertz CT molecular complexity index is 334. The molecule has 1 fully saturated rings. The Morgan fingerprint density at radius 1 is 1.18 bits per heavy atom. The molecule has 1 aromatic carbocycles. The molecule has 1 aliphatic rings. The van der Waals surface area contributed by atoms with Crippen molar-refractivity contribution < 1.29 is 0 Å². The topological polar surface area (TPSA) is 27.3 Å². The number of anilines is 2. The summed E-state index contributed by atoms with van der Waals surface area (Å²) in [5.74, 6) is 0. The van der Waals surface area contributed by atoms with Crippen molar-refractivity contribution in [3.8, 4) is 0 Å². The molecule has 94 valence electrons. The Balaban J connectivity index is 1.82. The van der Waals surface area contributed by atoms with E-state index in [1.54, 1.807) is 0 Å². The van der Waals surface area contributed by atoms with Crippen LogP contribution in [0.4, 0.5) is 11.4 Å². The zero-order chi connectivity index (χ0) is 12.1. The summed E-state index contributed by atoms with van der Waals surface area (Å²) < 4.78 is 0. The van der Waals surface area contributed by atoms with Crippen LogP contribution >= 0.6 is 0 Å². The number of hydrogen-bond acceptors (Lipinski definition) is 3. The minimum atomic E-state index is 0.698. The Morgan fingerprint density at radius 2 is 1.82 bits per heavy atom. The summed E-state index contributed by atoms with van der Waals surface area (Å²) in [6.45, 7) is 5.38. The highest BCUT2D eigenvalue weighted by Crippen LogP contribution is 2.17. The van der Waals surface area contributed by atoms with Gasteiger partial charge >= 0.3 is 0 Å². The van der Waals surface area contributed by atoms with Crippen molar-refractivity contribution in [2.24, 2.45) is 0 Å². The monoisotopic (exact) mass is 233 g/mol. The van der Waals surface area contributed by atoms with E-state index in [0.29, 0.717) is 6.04 Å². The Hall–Kier alpha value is -1.22. The van der Waals surface area contributed by atoms with E-state index in [2.05, 4.69) is 53.8 Å². The van der Waals surface area contributed by atoms with Crippen molar-refractivity contribution in [1.29, 1.82) is 0 Å². The molecule has 0 bridgehead atoms. The van der Waals surface area contributed by atoms with E-state index in [1.165, 1.54) is 30.8 Å². The lowest BCUT2D eigenvalue weighted by atomic mass is 10.2. The van der Waals surface area contributed by atoms with E-state index >= 15 is 0 Å². The van der Waals surface area contributed by atoms with Crippen LogP contribution in [-0.2, 0) is 0 Å². The van der Waals surface area contributed by atoms with Gasteiger partial charge in [-0.25, -0.2) is 0 Å². The third kappa shape index (κ3) is 3.37. The fourth-order valence-electron chi connectivity index (χ4n) is 2.38. The molecular formula is C14H23N3. The van der Waals surface area contributed by atoms with Gasteiger partial charge in [-0.3, -0.25) is 0 Å². The predicted octanol–water partition coefficient (Wildman–Crippen LogP) is 2.62. The zero-order valence-corrected chi connectivity index (χ0v) is 10.9. The van der Waals surface area contributed by atoms with E-state index in [0.717, 1.165) is 13.1 Å². The molecular weight excluding hydrogens is 210 g/mol. The summed E-state index contributed by atoms with van der Waals surface area (Å²) in [6, 6.07) is 9.25. The van der Waals surface area contributed by atoms with E-state index in [4.69, 9.17) is 0 Å². The number of nitrogens with one attached hydrogen (secondary N) is 2. The third-order valence-corrected chi connectivity index (χ3v) is 3.48. The van der Waals surface area contributed by atoms with Crippen LogP contribution < -0.4 is 10.6 Å². The number of likely N-dealkylation sites (N-methyl/N-ethyl adjacent to an activating group) is 1. The summed E-state index contributed by atoms with van der Waals surface area (Å²) >= 11 is 0. The van der Waals surface area contributed by atoms with Gasteiger partial charge in [-0.05, 0) is 57.6 Å². The quantitative estimate of drug-likeness (QED) is 0.818. The molecule has 1 aromatic rings. The molecule has 2 rings (SSSR count). The van der Waals surface area contributed by atoms with Crippen molar-refractivity contribution in [2.45, 2.75) is 25.8 Å². The minimum absolute atomic E-state index is 0.698. The van der Waals surface area contributed by atoms with E-state index in [-0.39, 0.29) is 0 Å². The largest absolute Gasteiger partial charge is 0.385 e. The SMILES string of the molecule is CCNc1ccc(NCC2CCCN2C)cc1. The van der Waals surface area contributed by atoms with Gasteiger partial charge in [0.1, 0.15) is 0 Å². The first-order chi connectivity index (χ1) is 8.29. The smallest absolute Gasteiger partial charge is 0.0342 e. The fourth-order valence-corrected chi connectivity index (χ4v) is 2.38. The van der Waals surface area contributed by atoms with Gasteiger partial charge in [0.15, 0.2) is 0 Å². The van der Waals surface area contributed by atoms with Crippen LogP contribution in [0.25, 0.3) is 0 Å². The van der Waals surface area contributed by atoms with Gasteiger partial charge in [0.05, 0.1) is 0 Å². The van der Waals surface area contributed by atoms with Gasteiger partial charge < -0.3 is 15.5 Å². The molecule has 1 unspecified atom stereocenters. The van der Waals surface area contributed by atoms with Crippen molar-refractivity contribution in [1.82, 2.24) is 4.90 Å². The van der Waals surface area contributed by atoms with Gasteiger partial charge in [0, 0.05) is 30.5 Å². The van der Waals surface area contributed by atoms with Crippen molar-refractivity contribution >= 4 is 11.4 Å². The molecule has 3 heteroatoms. The number of benzene rings is 1. The van der Waals surface area contributed by atoms with Crippen molar-refractivity contribution in [3.63, 3.8) is 0 Å². The molecule has 0 radical (unpaired) electrons. The molecule has 1 saturated heterocycles. The molecule has 0 aromatic heterocycles.